The summed E-state index contributed by atoms with van der Waals surface area (Å²) >= 11 is 13.8. The normalized spacial score (nSPS) is 18.5. The molecule has 0 spiro atoms. The number of thioether (sulfide) groups is 1. The van der Waals surface area contributed by atoms with E-state index >= 15 is 0 Å². The monoisotopic (exact) mass is 1960 g/mol. The van der Waals surface area contributed by atoms with Gasteiger partial charge in [-0.1, -0.05) is 123 Å². The molecule has 4 saturated heterocycles. The second-order valence-corrected chi connectivity index (χ2v) is 45.8. The minimum atomic E-state index is -6.14. The molecule has 0 saturated carbocycles. The van der Waals surface area contributed by atoms with Gasteiger partial charge in [-0.05, 0) is 218 Å². The molecule has 706 valence electrons. The van der Waals surface area contributed by atoms with Crippen molar-refractivity contribution in [1.29, 1.82) is 0 Å². The Hall–Kier alpha value is -8.40. The summed E-state index contributed by atoms with van der Waals surface area (Å²) in [4.78, 5) is 37.3. The molecule has 0 radical (unpaired) electrons. The average molecular weight is 1970 g/mol. The van der Waals surface area contributed by atoms with Gasteiger partial charge in [0, 0.05) is 171 Å². The molecule has 3 atom stereocenters. The molecule has 23 nitrogen and oxygen atoms in total. The second-order valence-electron chi connectivity index (χ2n) is 35.2. The number of alkyl halides is 6. The molecular formula is C94H110Cl2F6N10O13S6. The third-order valence-electron chi connectivity index (χ3n) is 24.5. The van der Waals surface area contributed by atoms with Crippen LogP contribution in [0.5, 0.6) is 0 Å². The van der Waals surface area contributed by atoms with Gasteiger partial charge >= 0.3 is 11.0 Å². The molecule has 4 fully saturated rings. The van der Waals surface area contributed by atoms with Crippen molar-refractivity contribution in [3.63, 3.8) is 0 Å². The number of anilines is 4. The molecule has 4 heterocycles. The van der Waals surface area contributed by atoms with Gasteiger partial charge in [-0.15, -0.1) is 11.8 Å². The average Bonchev–Trinajstić information content (AvgIpc) is 0.759. The van der Waals surface area contributed by atoms with E-state index in [-0.39, 0.29) is 34.1 Å². The predicted molar refractivity (Wildman–Crippen MR) is 504 cm³/mol. The summed E-state index contributed by atoms with van der Waals surface area (Å²) < 4.78 is 220. The number of ether oxygens (including phenoxy) is 2. The van der Waals surface area contributed by atoms with Crippen molar-refractivity contribution in [2.75, 3.05) is 163 Å². The van der Waals surface area contributed by atoms with Crippen LogP contribution < -0.4 is 29.9 Å². The van der Waals surface area contributed by atoms with Crippen LogP contribution in [0.4, 0.5) is 49.1 Å². The van der Waals surface area contributed by atoms with E-state index in [0.29, 0.717) is 105 Å². The van der Waals surface area contributed by atoms with E-state index in [1.165, 1.54) is 69.4 Å². The molecule has 2 aliphatic carbocycles. The molecular weight excluding hydrogens is 1850 g/mol. The molecule has 131 heavy (non-hydrogen) atoms. The zero-order valence-electron chi connectivity index (χ0n) is 73.3. The number of carbonyl (C=O) groups is 2. The van der Waals surface area contributed by atoms with Gasteiger partial charge in [-0.3, -0.25) is 33.4 Å². The molecule has 0 aromatic heterocycles. The quantitative estimate of drug-likeness (QED) is 0.0225. The number of rotatable bonds is 32. The Morgan fingerprint density at radius 3 is 1.23 bits per heavy atom. The summed E-state index contributed by atoms with van der Waals surface area (Å²) in [5, 5.41) is 7.27. The minimum Gasteiger partial charge on any atom is -0.380 e. The highest BCUT2D eigenvalue weighted by molar-refractivity contribution is 7.99. The van der Waals surface area contributed by atoms with Gasteiger partial charge in [0.25, 0.3) is 51.5 Å². The van der Waals surface area contributed by atoms with E-state index in [2.05, 4.69) is 92.0 Å². The number of benzene rings is 8. The maximum absolute atomic E-state index is 14.2. The number of hydrogen-bond acceptors (Lipinski definition) is 22. The third kappa shape index (κ3) is 26.8. The number of sulfone groups is 2. The molecule has 8 aromatic carbocycles. The van der Waals surface area contributed by atoms with Crippen molar-refractivity contribution in [1.82, 2.24) is 29.0 Å². The van der Waals surface area contributed by atoms with Gasteiger partial charge in [-0.25, -0.2) is 43.1 Å². The zero-order chi connectivity index (χ0) is 93.7. The lowest BCUT2D eigenvalue weighted by Gasteiger charge is -2.39. The first-order chi connectivity index (χ1) is 62.1. The van der Waals surface area contributed by atoms with Crippen molar-refractivity contribution in [3.05, 3.63) is 238 Å². The SMILES string of the molecule is CC1(C)CCC(c2ccc(Cl)cc2)=C(CN2CCN(c3ccc(C(=O)NS(=O)(=O)c4ccc(N[C@H](CCN5CCOCC5)CS(=O)c5ccccc5)c(S(=O)(=O)C(F)(F)F)c4)cc3)CC2)C1.CC1(C)CCC(c2ccc(Cl)cc2)=C(CN2CCN(c3ccc(C(=O)NS(=O)(=O)c4ccc(N[C@H](CCN5CCOCC5)CSc5ccccc5)c(S(=O)(=O)C(F)(F)F)c4)cc3)CC2)C1. The molecule has 14 rings (SSSR count). The molecule has 4 N–H and O–H groups in total. The Balaban J connectivity index is 0.000000223. The van der Waals surface area contributed by atoms with Crippen LogP contribution in [0, 0.1) is 10.8 Å². The Kier molecular flexibility index (Phi) is 33.2. The molecule has 8 aromatic rings. The Morgan fingerprint density at radius 2 is 0.840 bits per heavy atom. The van der Waals surface area contributed by atoms with Crippen LogP contribution in [-0.4, -0.2) is 235 Å². The number of nitrogens with zero attached hydrogens (tertiary/aromatic N) is 6. The first kappa shape index (κ1) is 100. The summed E-state index contributed by atoms with van der Waals surface area (Å²) in [6.45, 7) is 22.8. The van der Waals surface area contributed by atoms with Crippen LogP contribution in [-0.2, 0) is 60.0 Å². The smallest absolute Gasteiger partial charge is 0.380 e. The van der Waals surface area contributed by atoms with Gasteiger partial charge in [-0.2, -0.15) is 26.3 Å². The summed E-state index contributed by atoms with van der Waals surface area (Å²) in [5.41, 5.74) is -2.30. The summed E-state index contributed by atoms with van der Waals surface area (Å²) in [6, 6.07) is 50.0. The summed E-state index contributed by atoms with van der Waals surface area (Å²) in [7, 11) is -23.5. The summed E-state index contributed by atoms with van der Waals surface area (Å²) in [5.74, 6) is -1.80. The number of nitrogens with one attached hydrogen (secondary N) is 4. The van der Waals surface area contributed by atoms with Crippen LogP contribution in [0.3, 0.4) is 0 Å². The van der Waals surface area contributed by atoms with E-state index in [1.807, 2.05) is 64.0 Å². The first-order valence-corrected chi connectivity index (χ1v) is 52.5. The summed E-state index contributed by atoms with van der Waals surface area (Å²) in [6.07, 6.45) is 6.99. The van der Waals surface area contributed by atoms with E-state index in [9.17, 15) is 73.8 Å². The van der Waals surface area contributed by atoms with E-state index in [1.54, 1.807) is 54.6 Å². The maximum atomic E-state index is 14.2. The lowest BCUT2D eigenvalue weighted by molar-refractivity contribution is -0.0441. The Bertz CT molecular complexity index is 5870. The third-order valence-corrected chi connectivity index (χ3v) is 33.4. The van der Waals surface area contributed by atoms with Crippen LogP contribution in [0.15, 0.2) is 235 Å². The number of allylic oxidation sites excluding steroid dienone is 2. The van der Waals surface area contributed by atoms with Crippen LogP contribution in [0.25, 0.3) is 11.1 Å². The molecule has 4 aliphatic heterocycles. The number of hydrogen-bond donors (Lipinski definition) is 4. The molecule has 1 unspecified atom stereocenters. The van der Waals surface area contributed by atoms with Gasteiger partial charge in [0.05, 0.1) is 58.4 Å². The zero-order valence-corrected chi connectivity index (χ0v) is 79.7. The minimum absolute atomic E-state index is 0.00186. The van der Waals surface area contributed by atoms with Crippen molar-refractivity contribution in [2.24, 2.45) is 10.8 Å². The van der Waals surface area contributed by atoms with E-state index in [0.717, 1.165) is 145 Å². The number of sulfonamides is 2. The van der Waals surface area contributed by atoms with Crippen LogP contribution in [0.1, 0.15) is 111 Å². The van der Waals surface area contributed by atoms with E-state index in [4.69, 9.17) is 32.7 Å². The highest BCUT2D eigenvalue weighted by Crippen LogP contribution is 2.46. The maximum Gasteiger partial charge on any atom is 0.501 e. The topological polar surface area (TPSA) is 274 Å². The van der Waals surface area contributed by atoms with Gasteiger partial charge in [0.15, 0.2) is 0 Å². The standard InChI is InChI=1S/C47H55ClF3N5O7S3.C47H55ClF3N5O6S3/c1-46(2)20-18-42(34-8-12-37(48)13-9-34)36(31-46)32-55-22-24-56(25-23-55)39-14-10-35(11-15-39)45(57)53-66(61,62)41-16-17-43(44(30-41)65(59,60)47(49,50)51)52-38(19-21-54-26-28-63-29-27-54)33-64(58)40-6-4-3-5-7-40;1-46(2)20-18-42(34-8-12-37(48)13-9-34)36(31-46)32-55-22-24-56(25-23-55)39-14-10-35(11-15-39)45(57)53-65(60,61)41-16-17-43(44(30-41)64(58,59)47(49,50)51)52-38(19-21-54-26-28-62-29-27-54)33-63-40-6-4-3-5-7-40/h3-17,30,38,52H,18-29,31-33H2,1-2H3,(H,53,57);3-17,30,38,52H,18-29,31-33H2,1-2H3,(H,53,57)/t38-,64?;38-/m11/s1. The molecule has 37 heteroatoms. The fourth-order valence-corrected chi connectivity index (χ4v) is 23.7. The number of carbonyl (C=O) groups excluding carboxylic acids is 2. The molecule has 6 aliphatic rings. The van der Waals surface area contributed by atoms with Crippen molar-refractivity contribution in [3.8, 4) is 0 Å². The number of piperazine rings is 2. The number of morpholine rings is 2. The van der Waals surface area contributed by atoms with Gasteiger partial charge in [0.2, 0.25) is 0 Å². The number of amides is 2. The van der Waals surface area contributed by atoms with Crippen molar-refractivity contribution >= 4 is 131 Å². The van der Waals surface area contributed by atoms with Gasteiger partial charge < -0.3 is 29.9 Å². The fraction of sp³-hybridized carbons (Fsp3) is 0.426. The van der Waals surface area contributed by atoms with Crippen LogP contribution >= 0.6 is 35.0 Å². The lowest BCUT2D eigenvalue weighted by atomic mass is 9.72. The van der Waals surface area contributed by atoms with Crippen molar-refractivity contribution in [2.45, 2.75) is 132 Å². The predicted octanol–water partition coefficient (Wildman–Crippen LogP) is 16.7. The largest absolute Gasteiger partial charge is 0.501 e. The first-order valence-electron chi connectivity index (χ1n) is 43.5. The van der Waals surface area contributed by atoms with Crippen LogP contribution in [0.2, 0.25) is 10.0 Å². The van der Waals surface area contributed by atoms with E-state index < -0.39 is 116 Å². The lowest BCUT2D eigenvalue weighted by Crippen LogP contribution is -2.47. The number of halogens is 8. The Labute approximate surface area is 780 Å². The fourth-order valence-electron chi connectivity index (χ4n) is 17.1. The molecule has 2 amide bonds. The molecule has 0 bridgehead atoms. The Morgan fingerprint density at radius 1 is 0.466 bits per heavy atom. The van der Waals surface area contributed by atoms with Gasteiger partial charge in [0.1, 0.15) is 9.79 Å². The second kappa shape index (κ2) is 43.5. The highest BCUT2D eigenvalue weighted by Gasteiger charge is 2.50. The highest BCUT2D eigenvalue weighted by atomic mass is 35.5. The van der Waals surface area contributed by atoms with Crippen molar-refractivity contribution < 1.29 is 83.3 Å².